The van der Waals surface area contributed by atoms with Crippen LogP contribution >= 0.6 is 22.6 Å². The maximum absolute atomic E-state index is 12.1. The molecule has 2 rings (SSSR count). The molecule has 2 heterocycles. The normalized spacial score (nSPS) is 18.0. The quantitative estimate of drug-likeness (QED) is 0.538. The fourth-order valence-electron chi connectivity index (χ4n) is 2.32. The van der Waals surface area contributed by atoms with Crippen molar-refractivity contribution in [2.45, 2.75) is 32.8 Å². The van der Waals surface area contributed by atoms with E-state index in [0.29, 0.717) is 31.3 Å². The summed E-state index contributed by atoms with van der Waals surface area (Å²) in [6.07, 6.45) is 0.635. The van der Waals surface area contributed by atoms with Crippen LogP contribution in [0.2, 0.25) is 0 Å². The lowest BCUT2D eigenvalue weighted by Gasteiger charge is -2.24. The van der Waals surface area contributed by atoms with E-state index in [4.69, 9.17) is 14.2 Å². The minimum atomic E-state index is -0.469. The molecule has 6 nitrogen and oxygen atoms in total. The Morgan fingerprint density at radius 2 is 2.17 bits per heavy atom. The average Bonchev–Trinajstić information content (AvgIpc) is 2.92. The molecular weight excluding hydrogens is 411 g/mol. The van der Waals surface area contributed by atoms with Crippen molar-refractivity contribution in [3.8, 4) is 11.6 Å². The van der Waals surface area contributed by atoms with Gasteiger partial charge >= 0.3 is 6.09 Å². The summed E-state index contributed by atoms with van der Waals surface area (Å²) < 4.78 is 17.3. The molecule has 0 radical (unpaired) electrons. The first-order chi connectivity index (χ1) is 10.8. The van der Waals surface area contributed by atoms with Crippen LogP contribution in [0.15, 0.2) is 12.1 Å². The van der Waals surface area contributed by atoms with Gasteiger partial charge in [-0.25, -0.2) is 9.78 Å². The molecule has 0 spiro atoms. The average molecular weight is 434 g/mol. The Morgan fingerprint density at radius 1 is 1.43 bits per heavy atom. The molecule has 0 unspecified atom stereocenters. The van der Waals surface area contributed by atoms with Crippen LogP contribution in [-0.2, 0) is 4.74 Å². The van der Waals surface area contributed by atoms with Gasteiger partial charge in [-0.1, -0.05) is 0 Å². The molecule has 1 aromatic heterocycles. The lowest BCUT2D eigenvalue weighted by atomic mass is 10.1. The standard InChI is InChI=1S/C16H23IN2O4/c1-16(2,3)23-15(20)19-8-7-11(9-19)10-22-14-12(21-4)5-6-13(17)18-14/h5-6,11H,7-10H2,1-4H3/t11-/m1/s1. The third-order valence-electron chi connectivity index (χ3n) is 3.40. The van der Waals surface area contributed by atoms with Gasteiger partial charge in [0.25, 0.3) is 5.88 Å². The second-order valence-corrected chi connectivity index (χ2v) is 7.64. The first kappa shape index (κ1) is 18.1. The molecular formula is C16H23IN2O4. The molecule has 7 heteroatoms. The van der Waals surface area contributed by atoms with Gasteiger partial charge in [0.05, 0.1) is 13.7 Å². The number of hydrogen-bond acceptors (Lipinski definition) is 5. The summed E-state index contributed by atoms with van der Waals surface area (Å²) in [7, 11) is 1.59. The maximum Gasteiger partial charge on any atom is 0.410 e. The van der Waals surface area contributed by atoms with E-state index in [-0.39, 0.29) is 12.0 Å². The number of methoxy groups -OCH3 is 1. The predicted molar refractivity (Wildman–Crippen MR) is 94.9 cm³/mol. The number of carbonyl (C=O) groups is 1. The van der Waals surface area contributed by atoms with E-state index in [0.717, 1.165) is 10.1 Å². The zero-order chi connectivity index (χ0) is 17.0. The Labute approximate surface area is 150 Å². The van der Waals surface area contributed by atoms with Crippen LogP contribution in [0, 0.1) is 9.62 Å². The van der Waals surface area contributed by atoms with Crippen molar-refractivity contribution in [2.24, 2.45) is 5.92 Å². The molecule has 1 aliphatic rings. The van der Waals surface area contributed by atoms with Crippen molar-refractivity contribution >= 4 is 28.7 Å². The molecule has 1 aromatic rings. The number of rotatable bonds is 4. The van der Waals surface area contributed by atoms with Crippen molar-refractivity contribution in [1.29, 1.82) is 0 Å². The van der Waals surface area contributed by atoms with Crippen LogP contribution in [0.4, 0.5) is 4.79 Å². The highest BCUT2D eigenvalue weighted by Gasteiger charge is 2.30. The highest BCUT2D eigenvalue weighted by Crippen LogP contribution is 2.27. The number of ether oxygens (including phenoxy) is 3. The van der Waals surface area contributed by atoms with Gasteiger partial charge in [0.15, 0.2) is 5.75 Å². The van der Waals surface area contributed by atoms with Gasteiger partial charge in [0.1, 0.15) is 9.30 Å². The fraction of sp³-hybridized carbons (Fsp3) is 0.625. The molecule has 0 saturated carbocycles. The number of pyridine rings is 1. The number of amides is 1. The molecule has 23 heavy (non-hydrogen) atoms. The van der Waals surface area contributed by atoms with Crippen LogP contribution < -0.4 is 9.47 Å². The van der Waals surface area contributed by atoms with Gasteiger partial charge in [-0.3, -0.25) is 0 Å². The monoisotopic (exact) mass is 434 g/mol. The molecule has 0 aromatic carbocycles. The largest absolute Gasteiger partial charge is 0.491 e. The van der Waals surface area contributed by atoms with Gasteiger partial charge in [-0.05, 0) is 61.9 Å². The molecule has 0 bridgehead atoms. The summed E-state index contributed by atoms with van der Waals surface area (Å²) in [6, 6.07) is 3.71. The predicted octanol–water partition coefficient (Wildman–Crippen LogP) is 3.33. The van der Waals surface area contributed by atoms with Gasteiger partial charge < -0.3 is 19.1 Å². The number of hydrogen-bond donors (Lipinski definition) is 0. The summed E-state index contributed by atoms with van der Waals surface area (Å²) in [5, 5.41) is 0. The molecule has 0 N–H and O–H groups in total. The Morgan fingerprint density at radius 3 is 2.83 bits per heavy atom. The van der Waals surface area contributed by atoms with E-state index >= 15 is 0 Å². The Balaban J connectivity index is 1.87. The van der Waals surface area contributed by atoms with Gasteiger partial charge in [0.2, 0.25) is 0 Å². The van der Waals surface area contributed by atoms with Crippen molar-refractivity contribution in [3.63, 3.8) is 0 Å². The van der Waals surface area contributed by atoms with Crippen molar-refractivity contribution < 1.29 is 19.0 Å². The molecule has 0 aliphatic carbocycles. The van der Waals surface area contributed by atoms with E-state index in [1.54, 1.807) is 12.0 Å². The summed E-state index contributed by atoms with van der Waals surface area (Å²) in [4.78, 5) is 18.1. The van der Waals surface area contributed by atoms with E-state index in [2.05, 4.69) is 27.6 Å². The van der Waals surface area contributed by atoms with E-state index < -0.39 is 5.60 Å². The Bertz CT molecular complexity index is 560. The maximum atomic E-state index is 12.1. The summed E-state index contributed by atoms with van der Waals surface area (Å²) >= 11 is 2.13. The summed E-state index contributed by atoms with van der Waals surface area (Å²) in [5.74, 6) is 1.38. The minimum absolute atomic E-state index is 0.259. The first-order valence-corrected chi connectivity index (χ1v) is 8.67. The highest BCUT2D eigenvalue weighted by molar-refractivity contribution is 14.1. The van der Waals surface area contributed by atoms with Crippen LogP contribution in [0.1, 0.15) is 27.2 Å². The highest BCUT2D eigenvalue weighted by atomic mass is 127. The van der Waals surface area contributed by atoms with Crippen LogP contribution in [-0.4, -0.2) is 48.4 Å². The SMILES string of the molecule is COc1ccc(I)nc1OC[C@@H]1CCN(C(=O)OC(C)(C)C)C1. The van der Waals surface area contributed by atoms with Gasteiger partial charge in [-0.2, -0.15) is 0 Å². The van der Waals surface area contributed by atoms with Crippen molar-refractivity contribution in [3.05, 3.63) is 15.8 Å². The molecule has 1 atom stereocenters. The number of carbonyl (C=O) groups excluding carboxylic acids is 1. The Hall–Kier alpha value is -1.25. The van der Waals surface area contributed by atoms with Gasteiger partial charge in [-0.15, -0.1) is 0 Å². The zero-order valence-corrected chi connectivity index (χ0v) is 16.1. The lowest BCUT2D eigenvalue weighted by molar-refractivity contribution is 0.0284. The summed E-state index contributed by atoms with van der Waals surface area (Å²) in [6.45, 7) is 7.45. The molecule has 1 fully saturated rings. The third-order valence-corrected chi connectivity index (χ3v) is 4.01. The second kappa shape index (κ2) is 7.55. The Kier molecular flexibility index (Phi) is 5.94. The van der Waals surface area contributed by atoms with Crippen molar-refractivity contribution in [1.82, 2.24) is 9.88 Å². The van der Waals surface area contributed by atoms with E-state index in [1.807, 2.05) is 32.9 Å². The number of likely N-dealkylation sites (tertiary alicyclic amines) is 1. The molecule has 128 valence electrons. The first-order valence-electron chi connectivity index (χ1n) is 7.60. The van der Waals surface area contributed by atoms with E-state index in [9.17, 15) is 4.79 Å². The summed E-state index contributed by atoms with van der Waals surface area (Å²) in [5.41, 5.74) is -0.469. The number of nitrogens with zero attached hydrogens (tertiary/aromatic N) is 2. The van der Waals surface area contributed by atoms with Crippen LogP contribution in [0.3, 0.4) is 0 Å². The molecule has 1 amide bonds. The second-order valence-electron chi connectivity index (χ2n) is 6.53. The van der Waals surface area contributed by atoms with E-state index in [1.165, 1.54) is 0 Å². The number of halogens is 1. The molecule has 1 saturated heterocycles. The fourth-order valence-corrected chi connectivity index (χ4v) is 2.72. The topological polar surface area (TPSA) is 60.9 Å². The lowest BCUT2D eigenvalue weighted by Crippen LogP contribution is -2.35. The molecule has 1 aliphatic heterocycles. The smallest absolute Gasteiger partial charge is 0.410 e. The third kappa shape index (κ3) is 5.40. The van der Waals surface area contributed by atoms with Crippen LogP contribution in [0.25, 0.3) is 0 Å². The van der Waals surface area contributed by atoms with Crippen molar-refractivity contribution in [2.75, 3.05) is 26.8 Å². The zero-order valence-electron chi connectivity index (χ0n) is 14.0. The minimum Gasteiger partial charge on any atom is -0.491 e. The van der Waals surface area contributed by atoms with Crippen LogP contribution in [0.5, 0.6) is 11.6 Å². The van der Waals surface area contributed by atoms with Gasteiger partial charge in [0, 0.05) is 19.0 Å². The number of aromatic nitrogens is 1.